The molecule has 100 valence electrons. The van der Waals surface area contributed by atoms with Gasteiger partial charge in [-0.15, -0.1) is 0 Å². The van der Waals surface area contributed by atoms with Gasteiger partial charge < -0.3 is 10.4 Å². The molecule has 0 heterocycles. The van der Waals surface area contributed by atoms with Gasteiger partial charge in [0.15, 0.2) is 0 Å². The van der Waals surface area contributed by atoms with Gasteiger partial charge in [0, 0.05) is 6.54 Å². The minimum Gasteiger partial charge on any atom is -0.387 e. The number of benzene rings is 2. The second kappa shape index (κ2) is 5.99. The molecule has 0 saturated carbocycles. The number of hydrogen-bond donors (Lipinski definition) is 2. The van der Waals surface area contributed by atoms with Gasteiger partial charge >= 0.3 is 0 Å². The molecule has 0 spiro atoms. The van der Waals surface area contributed by atoms with Crippen LogP contribution < -0.4 is 5.32 Å². The molecule has 2 rings (SSSR count). The molecule has 0 bridgehead atoms. The van der Waals surface area contributed by atoms with Gasteiger partial charge in [-0.2, -0.15) is 0 Å². The fourth-order valence-electron chi connectivity index (χ4n) is 1.67. The number of aliphatic hydroxyl groups excluding tert-OH is 1. The summed E-state index contributed by atoms with van der Waals surface area (Å²) in [5.41, 5.74) is 0.976. The van der Waals surface area contributed by atoms with Gasteiger partial charge in [-0.25, -0.2) is 8.78 Å². The lowest BCUT2D eigenvalue weighted by atomic mass is 10.1. The van der Waals surface area contributed by atoms with Gasteiger partial charge in [0.25, 0.3) is 0 Å². The summed E-state index contributed by atoms with van der Waals surface area (Å²) >= 11 is 5.84. The maximum absolute atomic E-state index is 13.0. The summed E-state index contributed by atoms with van der Waals surface area (Å²) in [6, 6.07) is 9.65. The third-order valence-corrected chi connectivity index (χ3v) is 2.96. The Kier molecular flexibility index (Phi) is 4.35. The van der Waals surface area contributed by atoms with E-state index in [9.17, 15) is 13.9 Å². The van der Waals surface area contributed by atoms with Gasteiger partial charge in [-0.05, 0) is 35.9 Å². The molecule has 2 aromatic rings. The topological polar surface area (TPSA) is 32.3 Å². The Labute approximate surface area is 114 Å². The van der Waals surface area contributed by atoms with E-state index < -0.39 is 17.7 Å². The van der Waals surface area contributed by atoms with Crippen molar-refractivity contribution in [3.63, 3.8) is 0 Å². The van der Waals surface area contributed by atoms with Gasteiger partial charge in [0.2, 0.25) is 0 Å². The highest BCUT2D eigenvalue weighted by atomic mass is 35.5. The summed E-state index contributed by atoms with van der Waals surface area (Å²) in [5, 5.41) is 13.0. The highest BCUT2D eigenvalue weighted by molar-refractivity contribution is 6.33. The number of nitrogens with one attached hydrogen (secondary N) is 1. The fraction of sp³-hybridized carbons (Fsp3) is 0.143. The van der Waals surface area contributed by atoms with E-state index in [0.29, 0.717) is 11.3 Å². The molecule has 0 saturated heterocycles. The third-order valence-electron chi connectivity index (χ3n) is 2.65. The van der Waals surface area contributed by atoms with Crippen LogP contribution in [0, 0.1) is 11.6 Å². The quantitative estimate of drug-likeness (QED) is 0.895. The first-order valence-corrected chi connectivity index (χ1v) is 6.06. The van der Waals surface area contributed by atoms with E-state index in [4.69, 9.17) is 11.6 Å². The highest BCUT2D eigenvalue weighted by Crippen LogP contribution is 2.23. The maximum atomic E-state index is 13.0. The molecule has 2 N–H and O–H groups in total. The zero-order valence-corrected chi connectivity index (χ0v) is 10.7. The Hall–Kier alpha value is -1.65. The Bertz CT molecular complexity index is 577. The smallest absolute Gasteiger partial charge is 0.124 e. The Balaban J connectivity index is 2.02. The standard InChI is InChI=1S/C14H12ClF2NO/c15-12-7-11(17)4-5-13(12)18-8-14(19)9-2-1-3-10(16)6-9/h1-7,14,18-19H,8H2. The van der Waals surface area contributed by atoms with Crippen molar-refractivity contribution in [2.75, 3.05) is 11.9 Å². The SMILES string of the molecule is OC(CNc1ccc(F)cc1Cl)c1cccc(F)c1. The summed E-state index contributed by atoms with van der Waals surface area (Å²) in [4.78, 5) is 0. The molecule has 0 amide bonds. The van der Waals surface area contributed by atoms with Crippen molar-refractivity contribution < 1.29 is 13.9 Å². The van der Waals surface area contributed by atoms with Crippen LogP contribution >= 0.6 is 11.6 Å². The number of hydrogen-bond acceptors (Lipinski definition) is 2. The van der Waals surface area contributed by atoms with Crippen LogP contribution in [0.3, 0.4) is 0 Å². The third kappa shape index (κ3) is 3.66. The Morgan fingerprint density at radius 2 is 1.84 bits per heavy atom. The molecule has 5 heteroatoms. The summed E-state index contributed by atoms with van der Waals surface area (Å²) in [7, 11) is 0. The zero-order valence-electron chi connectivity index (χ0n) is 9.91. The zero-order chi connectivity index (χ0) is 13.8. The van der Waals surface area contributed by atoms with E-state index in [1.54, 1.807) is 6.07 Å². The number of rotatable bonds is 4. The lowest BCUT2D eigenvalue weighted by Crippen LogP contribution is -2.12. The van der Waals surface area contributed by atoms with Crippen molar-refractivity contribution in [2.24, 2.45) is 0 Å². The fourth-order valence-corrected chi connectivity index (χ4v) is 1.91. The van der Waals surface area contributed by atoms with Crippen molar-refractivity contribution >= 4 is 17.3 Å². The van der Waals surface area contributed by atoms with E-state index in [1.807, 2.05) is 0 Å². The number of anilines is 1. The monoisotopic (exact) mass is 283 g/mol. The van der Waals surface area contributed by atoms with Gasteiger partial charge in [0.05, 0.1) is 16.8 Å². The van der Waals surface area contributed by atoms with Gasteiger partial charge in [-0.1, -0.05) is 23.7 Å². The van der Waals surface area contributed by atoms with E-state index in [2.05, 4.69) is 5.32 Å². The van der Waals surface area contributed by atoms with E-state index >= 15 is 0 Å². The molecule has 1 unspecified atom stereocenters. The van der Waals surface area contributed by atoms with Crippen LogP contribution in [-0.4, -0.2) is 11.7 Å². The molecule has 0 radical (unpaired) electrons. The summed E-state index contributed by atoms with van der Waals surface area (Å²) in [6.45, 7) is 0.148. The molecule has 0 aliphatic rings. The van der Waals surface area contributed by atoms with Crippen LogP contribution in [0.4, 0.5) is 14.5 Å². The van der Waals surface area contributed by atoms with E-state index in [0.717, 1.165) is 0 Å². The molecule has 0 aliphatic heterocycles. The lowest BCUT2D eigenvalue weighted by Gasteiger charge is -2.14. The van der Waals surface area contributed by atoms with Crippen LogP contribution in [0.1, 0.15) is 11.7 Å². The second-order valence-electron chi connectivity index (χ2n) is 4.08. The molecule has 2 nitrogen and oxygen atoms in total. The Morgan fingerprint density at radius 3 is 2.53 bits per heavy atom. The molecule has 0 fully saturated rings. The van der Waals surface area contributed by atoms with E-state index in [-0.39, 0.29) is 11.6 Å². The average molecular weight is 284 g/mol. The predicted molar refractivity (Wildman–Crippen MR) is 71.3 cm³/mol. The van der Waals surface area contributed by atoms with Crippen molar-refractivity contribution in [2.45, 2.75) is 6.10 Å². The maximum Gasteiger partial charge on any atom is 0.124 e. The molecule has 19 heavy (non-hydrogen) atoms. The largest absolute Gasteiger partial charge is 0.387 e. The van der Waals surface area contributed by atoms with Crippen molar-refractivity contribution in [1.29, 1.82) is 0 Å². The van der Waals surface area contributed by atoms with Gasteiger partial charge in [-0.3, -0.25) is 0 Å². The lowest BCUT2D eigenvalue weighted by molar-refractivity contribution is 0.191. The summed E-state index contributed by atoms with van der Waals surface area (Å²) in [6.07, 6.45) is -0.878. The normalized spacial score (nSPS) is 12.2. The van der Waals surface area contributed by atoms with Crippen LogP contribution in [0.15, 0.2) is 42.5 Å². The minimum atomic E-state index is -0.878. The molecular weight excluding hydrogens is 272 g/mol. The van der Waals surface area contributed by atoms with Crippen LogP contribution in [0.2, 0.25) is 5.02 Å². The number of halogens is 3. The minimum absolute atomic E-state index is 0.148. The highest BCUT2D eigenvalue weighted by Gasteiger charge is 2.09. The van der Waals surface area contributed by atoms with Crippen molar-refractivity contribution in [1.82, 2.24) is 0 Å². The molecule has 1 atom stereocenters. The van der Waals surface area contributed by atoms with E-state index in [1.165, 1.54) is 36.4 Å². The average Bonchev–Trinajstić information content (AvgIpc) is 2.37. The first kappa shape index (κ1) is 13.8. The number of aliphatic hydroxyl groups is 1. The first-order chi connectivity index (χ1) is 9.06. The van der Waals surface area contributed by atoms with Crippen LogP contribution in [0.5, 0.6) is 0 Å². The first-order valence-electron chi connectivity index (χ1n) is 5.69. The van der Waals surface area contributed by atoms with Crippen LogP contribution in [-0.2, 0) is 0 Å². The van der Waals surface area contributed by atoms with Gasteiger partial charge in [0.1, 0.15) is 11.6 Å². The summed E-state index contributed by atoms with van der Waals surface area (Å²) in [5.74, 6) is -0.836. The molecule has 0 aliphatic carbocycles. The second-order valence-corrected chi connectivity index (χ2v) is 4.48. The predicted octanol–water partition coefficient (Wildman–Crippen LogP) is 3.76. The summed E-state index contributed by atoms with van der Waals surface area (Å²) < 4.78 is 25.9. The van der Waals surface area contributed by atoms with Crippen molar-refractivity contribution in [3.05, 3.63) is 64.7 Å². The van der Waals surface area contributed by atoms with Crippen LogP contribution in [0.25, 0.3) is 0 Å². The molecule has 0 aromatic heterocycles. The molecular formula is C14H12ClF2NO. The molecule has 2 aromatic carbocycles. The Morgan fingerprint density at radius 1 is 1.11 bits per heavy atom. The van der Waals surface area contributed by atoms with Crippen molar-refractivity contribution in [3.8, 4) is 0 Å².